The Bertz CT molecular complexity index is 406. The first-order chi connectivity index (χ1) is 19.3. The molecule has 0 aromatic rings. The number of hydrazine groups is 1. The molecule has 0 radical (unpaired) electrons. The lowest BCUT2D eigenvalue weighted by atomic mass is 10.1. The van der Waals surface area contributed by atoms with Crippen LogP contribution in [0.5, 0.6) is 0 Å². The molecule has 0 aliphatic carbocycles. The SMILES string of the molecule is CCCCCCCCCCCCN(F)N(CCCCCCCCCCCC)CCCCCCCCCCCC. The molecule has 0 saturated carbocycles. The molecule has 0 aromatic heterocycles. The average molecular weight is 555 g/mol. The van der Waals surface area contributed by atoms with Crippen molar-refractivity contribution in [1.82, 2.24) is 10.2 Å². The highest BCUT2D eigenvalue weighted by Crippen LogP contribution is 2.15. The largest absolute Gasteiger partial charge is 0.214 e. The Labute approximate surface area is 247 Å². The molecule has 0 fully saturated rings. The van der Waals surface area contributed by atoms with Gasteiger partial charge in [0.15, 0.2) is 0 Å². The maximum Gasteiger partial charge on any atom is 0.0455 e. The molecule has 3 heteroatoms. The van der Waals surface area contributed by atoms with Crippen molar-refractivity contribution < 1.29 is 4.48 Å². The van der Waals surface area contributed by atoms with Gasteiger partial charge in [0.25, 0.3) is 0 Å². The lowest BCUT2D eigenvalue weighted by Gasteiger charge is -2.28. The van der Waals surface area contributed by atoms with E-state index in [1.54, 1.807) is 0 Å². The van der Waals surface area contributed by atoms with Gasteiger partial charge >= 0.3 is 0 Å². The monoisotopic (exact) mass is 555 g/mol. The molecular weight excluding hydrogens is 479 g/mol. The van der Waals surface area contributed by atoms with Crippen LogP contribution in [0.15, 0.2) is 0 Å². The summed E-state index contributed by atoms with van der Waals surface area (Å²) in [6, 6.07) is 0. The standard InChI is InChI=1S/C36H75FN2/c1-4-7-10-13-16-19-22-25-28-31-34-38(35-32-29-26-23-20-17-14-11-8-5-2)39(37)36-33-30-27-24-21-18-15-12-9-6-3/h4-36H2,1-3H3. The third-order valence-corrected chi connectivity index (χ3v) is 8.54. The van der Waals surface area contributed by atoms with Gasteiger partial charge in [-0.3, -0.25) is 0 Å². The summed E-state index contributed by atoms with van der Waals surface area (Å²) >= 11 is 0. The summed E-state index contributed by atoms with van der Waals surface area (Å²) in [6.07, 6.45) is 40.0. The smallest absolute Gasteiger partial charge is 0.0455 e. The summed E-state index contributed by atoms with van der Waals surface area (Å²) in [6.45, 7) is 9.26. The van der Waals surface area contributed by atoms with Crippen LogP contribution >= 0.6 is 0 Å². The van der Waals surface area contributed by atoms with Crippen molar-refractivity contribution in [2.75, 3.05) is 19.6 Å². The van der Waals surface area contributed by atoms with E-state index >= 15 is 4.48 Å². The molecule has 0 rings (SSSR count). The maximum atomic E-state index is 15.1. The van der Waals surface area contributed by atoms with Crippen molar-refractivity contribution in [3.05, 3.63) is 0 Å². The van der Waals surface area contributed by atoms with Gasteiger partial charge in [-0.25, -0.2) is 5.01 Å². The Morgan fingerprint density at radius 3 is 0.744 bits per heavy atom. The second-order valence-electron chi connectivity index (χ2n) is 12.6. The summed E-state index contributed by atoms with van der Waals surface area (Å²) in [5, 5.41) is 3.16. The Kier molecular flexibility index (Phi) is 33.9. The lowest BCUT2D eigenvalue weighted by Crippen LogP contribution is -2.39. The molecule has 0 aromatic carbocycles. The summed E-state index contributed by atoms with van der Waals surface area (Å²) < 4.78 is 15.1. The fraction of sp³-hybridized carbons (Fsp3) is 1.00. The predicted molar refractivity (Wildman–Crippen MR) is 175 cm³/mol. The van der Waals surface area contributed by atoms with E-state index in [-0.39, 0.29) is 0 Å². The first-order valence-electron chi connectivity index (χ1n) is 18.4. The topological polar surface area (TPSA) is 6.48 Å². The van der Waals surface area contributed by atoms with Gasteiger partial charge in [0.1, 0.15) is 0 Å². The van der Waals surface area contributed by atoms with Gasteiger partial charge < -0.3 is 0 Å². The molecule has 0 unspecified atom stereocenters. The van der Waals surface area contributed by atoms with Crippen molar-refractivity contribution in [1.29, 1.82) is 0 Å². The van der Waals surface area contributed by atoms with Crippen LogP contribution < -0.4 is 0 Å². The van der Waals surface area contributed by atoms with E-state index in [2.05, 4.69) is 25.8 Å². The fourth-order valence-corrected chi connectivity index (χ4v) is 5.76. The zero-order chi connectivity index (χ0) is 28.5. The average Bonchev–Trinajstić information content (AvgIpc) is 2.94. The van der Waals surface area contributed by atoms with Gasteiger partial charge in [-0.15, -0.1) is 4.48 Å². The highest BCUT2D eigenvalue weighted by Gasteiger charge is 2.14. The first-order valence-corrected chi connectivity index (χ1v) is 18.4. The van der Waals surface area contributed by atoms with Gasteiger partial charge in [-0.05, 0) is 19.3 Å². The van der Waals surface area contributed by atoms with Crippen molar-refractivity contribution >= 4 is 0 Å². The fourth-order valence-electron chi connectivity index (χ4n) is 5.76. The minimum absolute atomic E-state index is 0.589. The Balaban J connectivity index is 4.04. The molecule has 2 nitrogen and oxygen atoms in total. The number of hydrogen-bond donors (Lipinski definition) is 0. The zero-order valence-electron chi connectivity index (χ0n) is 27.6. The zero-order valence-corrected chi connectivity index (χ0v) is 27.6. The van der Waals surface area contributed by atoms with E-state index in [0.29, 0.717) is 6.54 Å². The van der Waals surface area contributed by atoms with Gasteiger partial charge in [-0.1, -0.05) is 199 Å². The third kappa shape index (κ3) is 30.6. The van der Waals surface area contributed by atoms with E-state index in [1.807, 2.05) is 0 Å². The van der Waals surface area contributed by atoms with Crippen LogP contribution in [0.4, 0.5) is 4.48 Å². The van der Waals surface area contributed by atoms with Crippen LogP contribution in [0.25, 0.3) is 0 Å². The number of hydrogen-bond acceptors (Lipinski definition) is 2. The molecule has 0 saturated heterocycles. The van der Waals surface area contributed by atoms with Gasteiger partial charge in [0.05, 0.1) is 0 Å². The molecule has 0 heterocycles. The minimum Gasteiger partial charge on any atom is -0.214 e. The van der Waals surface area contributed by atoms with E-state index in [4.69, 9.17) is 0 Å². The summed E-state index contributed by atoms with van der Waals surface area (Å²) in [7, 11) is 0. The summed E-state index contributed by atoms with van der Waals surface area (Å²) in [5.41, 5.74) is 0. The molecule has 236 valence electrons. The van der Waals surface area contributed by atoms with Gasteiger partial charge in [0.2, 0.25) is 0 Å². The quantitative estimate of drug-likeness (QED) is 0.0443. The third-order valence-electron chi connectivity index (χ3n) is 8.54. The van der Waals surface area contributed by atoms with Crippen LogP contribution in [-0.4, -0.2) is 29.9 Å². The van der Waals surface area contributed by atoms with Gasteiger partial charge in [0, 0.05) is 19.6 Å². The van der Waals surface area contributed by atoms with Crippen LogP contribution in [0, 0.1) is 0 Å². The normalized spacial score (nSPS) is 11.8. The molecule has 0 amide bonds. The highest BCUT2D eigenvalue weighted by molar-refractivity contribution is 4.57. The highest BCUT2D eigenvalue weighted by atomic mass is 19.2. The second-order valence-corrected chi connectivity index (χ2v) is 12.6. The number of unbranched alkanes of at least 4 members (excludes halogenated alkanes) is 27. The summed E-state index contributed by atoms with van der Waals surface area (Å²) in [5.74, 6) is 0. The van der Waals surface area contributed by atoms with E-state index < -0.39 is 0 Å². The Morgan fingerprint density at radius 1 is 0.282 bits per heavy atom. The minimum atomic E-state index is 0.589. The molecular formula is C36H75FN2. The van der Waals surface area contributed by atoms with Crippen LogP contribution in [0.2, 0.25) is 0 Å². The molecule has 0 atom stereocenters. The molecule has 0 spiro atoms. The molecule has 0 bridgehead atoms. The van der Waals surface area contributed by atoms with Gasteiger partial charge in [-0.2, -0.15) is 0 Å². The Morgan fingerprint density at radius 2 is 0.487 bits per heavy atom. The van der Waals surface area contributed by atoms with E-state index in [9.17, 15) is 0 Å². The lowest BCUT2D eigenvalue weighted by molar-refractivity contribution is -0.173. The van der Waals surface area contributed by atoms with Crippen LogP contribution in [0.1, 0.15) is 213 Å². The summed E-state index contributed by atoms with van der Waals surface area (Å²) in [4.78, 5) is 0. The predicted octanol–water partition coefficient (Wildman–Crippen LogP) is 13.2. The van der Waals surface area contributed by atoms with E-state index in [0.717, 1.165) is 37.6 Å². The van der Waals surface area contributed by atoms with Crippen molar-refractivity contribution in [2.45, 2.75) is 213 Å². The first kappa shape index (κ1) is 38.9. The number of halogens is 1. The number of nitrogens with zero attached hydrogens (tertiary/aromatic N) is 2. The molecule has 0 aliphatic heterocycles. The molecule has 0 N–H and O–H groups in total. The van der Waals surface area contributed by atoms with Crippen molar-refractivity contribution in [2.24, 2.45) is 0 Å². The Hall–Kier alpha value is -0.150. The van der Waals surface area contributed by atoms with Crippen LogP contribution in [-0.2, 0) is 0 Å². The van der Waals surface area contributed by atoms with E-state index in [1.165, 1.54) is 173 Å². The maximum absolute atomic E-state index is 15.1. The molecule has 39 heavy (non-hydrogen) atoms. The molecule has 0 aliphatic rings. The number of rotatable bonds is 34. The second kappa shape index (κ2) is 34.1. The van der Waals surface area contributed by atoms with Crippen LogP contribution in [0.3, 0.4) is 0 Å². The van der Waals surface area contributed by atoms with Crippen molar-refractivity contribution in [3.8, 4) is 0 Å². The van der Waals surface area contributed by atoms with Crippen molar-refractivity contribution in [3.63, 3.8) is 0 Å².